The van der Waals surface area contributed by atoms with Crippen molar-refractivity contribution in [2.75, 3.05) is 24.5 Å². The van der Waals surface area contributed by atoms with Crippen molar-refractivity contribution in [2.24, 2.45) is 0 Å². The molecule has 2 aromatic heterocycles. The lowest BCUT2D eigenvalue weighted by Gasteiger charge is -2.41. The van der Waals surface area contributed by atoms with Crippen LogP contribution in [0.4, 0.5) is 6.01 Å². The lowest BCUT2D eigenvalue weighted by atomic mass is 10.1. The summed E-state index contributed by atoms with van der Waals surface area (Å²) >= 11 is 0. The summed E-state index contributed by atoms with van der Waals surface area (Å²) in [6, 6.07) is 17.7. The van der Waals surface area contributed by atoms with Crippen LogP contribution in [0.2, 0.25) is 0 Å². The van der Waals surface area contributed by atoms with Crippen LogP contribution in [0.25, 0.3) is 11.1 Å². The van der Waals surface area contributed by atoms with Crippen molar-refractivity contribution in [3.05, 3.63) is 66.5 Å². The summed E-state index contributed by atoms with van der Waals surface area (Å²) in [6.07, 6.45) is 3.65. The summed E-state index contributed by atoms with van der Waals surface area (Å²) in [7, 11) is 0. The Hall–Kier alpha value is -3.88. The van der Waals surface area contributed by atoms with E-state index in [2.05, 4.69) is 15.3 Å². The van der Waals surface area contributed by atoms with Gasteiger partial charge in [0.1, 0.15) is 29.6 Å². The molecule has 33 heavy (non-hydrogen) atoms. The molecule has 2 aromatic carbocycles. The summed E-state index contributed by atoms with van der Waals surface area (Å²) in [5.74, 6) is 0.922. The van der Waals surface area contributed by atoms with E-state index >= 15 is 0 Å². The fraction of sp³-hybridized carbons (Fsp3) is 0.333. The Morgan fingerprint density at radius 3 is 2.76 bits per heavy atom. The van der Waals surface area contributed by atoms with E-state index in [0.29, 0.717) is 25.7 Å². The standard InChI is InChI=1S/C24H24N6O3/c31-23(21-10-6-12-29(21)24-25-20-9-4-5-11-22(20)33-24)28-14-18(15-28)30-13-17(26-27-30)16-32-19-7-2-1-3-8-19/h1-5,7-9,11,13,18,21H,6,10,12,14-16H2. The number of nitrogens with zero attached hydrogens (tertiary/aromatic N) is 6. The fourth-order valence-corrected chi connectivity index (χ4v) is 4.48. The minimum absolute atomic E-state index is 0.124. The molecule has 4 heterocycles. The summed E-state index contributed by atoms with van der Waals surface area (Å²) in [6.45, 7) is 2.38. The van der Waals surface area contributed by atoms with Crippen LogP contribution < -0.4 is 9.64 Å². The van der Waals surface area contributed by atoms with Gasteiger partial charge in [-0.15, -0.1) is 5.10 Å². The highest BCUT2D eigenvalue weighted by atomic mass is 16.5. The Kier molecular flexibility index (Phi) is 4.93. The molecule has 2 fully saturated rings. The molecule has 1 atom stereocenters. The van der Waals surface area contributed by atoms with Crippen molar-refractivity contribution in [1.29, 1.82) is 0 Å². The number of amides is 1. The number of carbonyl (C=O) groups is 1. The monoisotopic (exact) mass is 444 g/mol. The lowest BCUT2D eigenvalue weighted by Crippen LogP contribution is -2.56. The smallest absolute Gasteiger partial charge is 0.299 e. The van der Waals surface area contributed by atoms with Gasteiger partial charge >= 0.3 is 0 Å². The SMILES string of the molecule is O=C(C1CCCN1c1nc2ccccc2o1)N1CC(n2cc(COc3ccccc3)nn2)C1. The second-order valence-corrected chi connectivity index (χ2v) is 8.50. The molecule has 6 rings (SSSR count). The maximum atomic E-state index is 13.2. The van der Waals surface area contributed by atoms with Gasteiger partial charge in [0.2, 0.25) is 5.91 Å². The van der Waals surface area contributed by atoms with Gasteiger partial charge in [-0.2, -0.15) is 4.98 Å². The van der Waals surface area contributed by atoms with E-state index in [0.717, 1.165) is 41.9 Å². The largest absolute Gasteiger partial charge is 0.487 e. The number of carbonyl (C=O) groups excluding carboxylic acids is 1. The molecule has 0 spiro atoms. The average Bonchev–Trinajstić information content (AvgIpc) is 3.56. The number of hydrogen-bond acceptors (Lipinski definition) is 7. The van der Waals surface area contributed by atoms with Crippen molar-refractivity contribution in [2.45, 2.75) is 31.5 Å². The number of benzene rings is 2. The Labute approximate surface area is 190 Å². The van der Waals surface area contributed by atoms with Crippen LogP contribution in [0, 0.1) is 0 Å². The molecule has 0 aliphatic carbocycles. The van der Waals surface area contributed by atoms with E-state index in [9.17, 15) is 4.79 Å². The van der Waals surface area contributed by atoms with E-state index < -0.39 is 0 Å². The van der Waals surface area contributed by atoms with Crippen molar-refractivity contribution in [3.8, 4) is 5.75 Å². The highest BCUT2D eigenvalue weighted by Crippen LogP contribution is 2.31. The predicted octanol–water partition coefficient (Wildman–Crippen LogP) is 3.05. The molecule has 0 bridgehead atoms. The maximum Gasteiger partial charge on any atom is 0.299 e. The van der Waals surface area contributed by atoms with Gasteiger partial charge in [0.05, 0.1) is 12.2 Å². The Balaban J connectivity index is 1.06. The molecule has 2 saturated heterocycles. The maximum absolute atomic E-state index is 13.2. The van der Waals surface area contributed by atoms with E-state index in [4.69, 9.17) is 9.15 Å². The lowest BCUT2D eigenvalue weighted by molar-refractivity contribution is -0.138. The average molecular weight is 444 g/mol. The molecule has 1 amide bonds. The number of fused-ring (bicyclic) bond motifs is 1. The molecule has 0 radical (unpaired) electrons. The highest BCUT2D eigenvalue weighted by Gasteiger charge is 2.41. The van der Waals surface area contributed by atoms with Gasteiger partial charge in [0, 0.05) is 19.6 Å². The van der Waals surface area contributed by atoms with Crippen LogP contribution in [0.1, 0.15) is 24.6 Å². The second-order valence-electron chi connectivity index (χ2n) is 8.50. The van der Waals surface area contributed by atoms with E-state index in [-0.39, 0.29) is 18.0 Å². The first-order valence-electron chi connectivity index (χ1n) is 11.2. The van der Waals surface area contributed by atoms with Crippen LogP contribution in [-0.2, 0) is 11.4 Å². The number of ether oxygens (including phenoxy) is 1. The normalized spacial score (nSPS) is 18.6. The number of oxazole rings is 1. The zero-order valence-corrected chi connectivity index (χ0v) is 18.1. The van der Waals surface area contributed by atoms with Gasteiger partial charge in [-0.25, -0.2) is 4.68 Å². The topological polar surface area (TPSA) is 89.5 Å². The zero-order chi connectivity index (χ0) is 22.2. The Bertz CT molecular complexity index is 1230. The molecule has 1 unspecified atom stereocenters. The minimum atomic E-state index is -0.232. The predicted molar refractivity (Wildman–Crippen MR) is 121 cm³/mol. The number of likely N-dealkylation sites (tertiary alicyclic amines) is 1. The molecular formula is C24H24N6O3. The van der Waals surface area contributed by atoms with E-state index in [1.165, 1.54) is 0 Å². The third-order valence-corrected chi connectivity index (χ3v) is 6.30. The molecular weight excluding hydrogens is 420 g/mol. The molecule has 2 aliphatic rings. The van der Waals surface area contributed by atoms with Gasteiger partial charge < -0.3 is 19.0 Å². The molecule has 0 N–H and O–H groups in total. The number of para-hydroxylation sites is 3. The second kappa shape index (κ2) is 8.23. The molecule has 4 aromatic rings. The van der Waals surface area contributed by atoms with Crippen LogP contribution in [0.3, 0.4) is 0 Å². The number of aromatic nitrogens is 4. The van der Waals surface area contributed by atoms with Gasteiger partial charge in [0.25, 0.3) is 6.01 Å². The summed E-state index contributed by atoms with van der Waals surface area (Å²) in [5.41, 5.74) is 2.32. The van der Waals surface area contributed by atoms with Crippen LogP contribution in [0.15, 0.2) is 65.2 Å². The van der Waals surface area contributed by atoms with Gasteiger partial charge in [-0.3, -0.25) is 4.79 Å². The van der Waals surface area contributed by atoms with E-state index in [1.54, 1.807) is 0 Å². The molecule has 9 heteroatoms. The first kappa shape index (κ1) is 19.8. The number of anilines is 1. The summed E-state index contributed by atoms with van der Waals surface area (Å²) in [5, 5.41) is 8.45. The van der Waals surface area contributed by atoms with Gasteiger partial charge in [-0.1, -0.05) is 35.5 Å². The Morgan fingerprint density at radius 2 is 1.91 bits per heavy atom. The fourth-order valence-electron chi connectivity index (χ4n) is 4.48. The van der Waals surface area contributed by atoms with Crippen molar-refractivity contribution < 1.29 is 13.9 Å². The zero-order valence-electron chi connectivity index (χ0n) is 18.1. The molecule has 9 nitrogen and oxygen atoms in total. The quantitative estimate of drug-likeness (QED) is 0.452. The van der Waals surface area contributed by atoms with Crippen LogP contribution >= 0.6 is 0 Å². The minimum Gasteiger partial charge on any atom is -0.487 e. The third-order valence-electron chi connectivity index (χ3n) is 6.30. The molecule has 168 valence electrons. The van der Waals surface area contributed by atoms with Crippen LogP contribution in [0.5, 0.6) is 5.75 Å². The molecule has 2 aliphatic heterocycles. The van der Waals surface area contributed by atoms with Crippen molar-refractivity contribution in [1.82, 2.24) is 24.9 Å². The number of hydrogen-bond donors (Lipinski definition) is 0. The first-order chi connectivity index (χ1) is 16.2. The van der Waals surface area contributed by atoms with Crippen LogP contribution in [-0.4, -0.2) is 56.5 Å². The Morgan fingerprint density at radius 1 is 1.09 bits per heavy atom. The van der Waals surface area contributed by atoms with Crippen molar-refractivity contribution in [3.63, 3.8) is 0 Å². The molecule has 0 saturated carbocycles. The number of rotatable bonds is 6. The van der Waals surface area contributed by atoms with Crippen molar-refractivity contribution >= 4 is 23.0 Å². The first-order valence-corrected chi connectivity index (χ1v) is 11.2. The third kappa shape index (κ3) is 3.79. The summed E-state index contributed by atoms with van der Waals surface area (Å²) < 4.78 is 13.5. The van der Waals surface area contributed by atoms with Gasteiger partial charge in [-0.05, 0) is 37.1 Å². The highest BCUT2D eigenvalue weighted by molar-refractivity contribution is 5.86. The van der Waals surface area contributed by atoms with E-state index in [1.807, 2.05) is 75.3 Å². The van der Waals surface area contributed by atoms with Gasteiger partial charge in [0.15, 0.2) is 5.58 Å². The summed E-state index contributed by atoms with van der Waals surface area (Å²) in [4.78, 5) is 21.7.